The van der Waals surface area contributed by atoms with Crippen LogP contribution < -0.4 is 5.73 Å². The molecule has 0 aliphatic heterocycles. The quantitative estimate of drug-likeness (QED) is 0.639. The minimum atomic E-state index is -0.752. The third-order valence-corrected chi connectivity index (χ3v) is 2.31. The molecule has 3 N–H and O–H groups in total. The second-order valence-electron chi connectivity index (χ2n) is 3.23. The Balaban J connectivity index is 0.00000144. The van der Waals surface area contributed by atoms with Crippen LogP contribution in [0.25, 0.3) is 0 Å². The van der Waals surface area contributed by atoms with Crippen LogP contribution in [0.4, 0.5) is 0 Å². The molecule has 0 aromatic carbocycles. The second kappa shape index (κ2) is 6.00. The Hall–Kier alpha value is -0.540. The van der Waals surface area contributed by atoms with Crippen molar-refractivity contribution in [3.63, 3.8) is 0 Å². The number of carboxylic acids is 1. The predicted octanol–water partition coefficient (Wildman–Crippen LogP) is 1.57. The Morgan fingerprint density at radius 3 is 2.38 bits per heavy atom. The molecule has 1 aliphatic carbocycles. The summed E-state index contributed by atoms with van der Waals surface area (Å²) in [6, 6.07) is -0.174. The molecule has 0 bridgehead atoms. The molecule has 0 heterocycles. The normalized spacial score (nSPS) is 30.8. The Morgan fingerprint density at radius 2 is 1.85 bits per heavy atom. The van der Waals surface area contributed by atoms with Crippen LogP contribution in [0.2, 0.25) is 0 Å². The summed E-state index contributed by atoms with van der Waals surface area (Å²) in [5, 5.41) is 8.82. The first-order chi connectivity index (χ1) is 5.72. The number of hydrogen-bond donors (Lipinski definition) is 2. The first kappa shape index (κ1) is 12.5. The van der Waals surface area contributed by atoms with E-state index in [1.165, 1.54) is 0 Å². The molecule has 0 amide bonds. The van der Waals surface area contributed by atoms with Gasteiger partial charge in [-0.25, -0.2) is 0 Å². The highest BCUT2D eigenvalue weighted by Gasteiger charge is 2.24. The molecule has 1 aliphatic rings. The zero-order valence-electron chi connectivity index (χ0n) is 7.48. The van der Waals surface area contributed by atoms with Crippen LogP contribution in [-0.2, 0) is 4.79 Å². The molecular weight excluding hydrogens is 190 g/mol. The molecule has 1 rings (SSSR count). The first-order valence-electron chi connectivity index (χ1n) is 4.35. The van der Waals surface area contributed by atoms with Crippen molar-refractivity contribution in [1.82, 2.24) is 0 Å². The van der Waals surface area contributed by atoms with Gasteiger partial charge in [-0.15, -0.1) is 12.4 Å². The van der Waals surface area contributed by atoms with Crippen LogP contribution in [0.3, 0.4) is 0 Å². The van der Waals surface area contributed by atoms with Crippen molar-refractivity contribution >= 4 is 18.4 Å². The number of halogens is 1. The van der Waals surface area contributed by atoms with Crippen molar-refractivity contribution in [3.05, 3.63) is 12.2 Å². The van der Waals surface area contributed by atoms with Gasteiger partial charge in [0, 0.05) is 6.04 Å². The van der Waals surface area contributed by atoms with Crippen molar-refractivity contribution in [2.24, 2.45) is 11.7 Å². The predicted molar refractivity (Wildman–Crippen MR) is 54.0 cm³/mol. The average molecular weight is 206 g/mol. The summed E-state index contributed by atoms with van der Waals surface area (Å²) >= 11 is 0. The van der Waals surface area contributed by atoms with E-state index in [9.17, 15) is 4.79 Å². The van der Waals surface area contributed by atoms with Gasteiger partial charge in [-0.05, 0) is 25.7 Å². The fraction of sp³-hybridized carbons (Fsp3) is 0.667. The van der Waals surface area contributed by atoms with Crippen molar-refractivity contribution in [2.75, 3.05) is 0 Å². The number of nitrogens with two attached hydrogens (primary N) is 1. The Labute approximate surface area is 84.4 Å². The van der Waals surface area contributed by atoms with E-state index < -0.39 is 5.97 Å². The summed E-state index contributed by atoms with van der Waals surface area (Å²) in [6.07, 6.45) is 7.33. The number of rotatable bonds is 1. The summed E-state index contributed by atoms with van der Waals surface area (Å²) < 4.78 is 0. The van der Waals surface area contributed by atoms with Gasteiger partial charge >= 0.3 is 5.97 Å². The molecule has 76 valence electrons. The molecule has 2 atom stereocenters. The Kier molecular flexibility index (Phi) is 5.75. The summed E-state index contributed by atoms with van der Waals surface area (Å²) in [7, 11) is 0. The second-order valence-corrected chi connectivity index (χ2v) is 3.23. The minimum Gasteiger partial charge on any atom is -0.481 e. The molecule has 2 unspecified atom stereocenters. The van der Waals surface area contributed by atoms with Gasteiger partial charge in [0.25, 0.3) is 0 Å². The fourth-order valence-corrected chi connectivity index (χ4v) is 1.52. The fourth-order valence-electron chi connectivity index (χ4n) is 1.52. The molecule has 0 aromatic rings. The van der Waals surface area contributed by atoms with E-state index in [1.54, 1.807) is 0 Å². The van der Waals surface area contributed by atoms with Gasteiger partial charge < -0.3 is 10.8 Å². The highest BCUT2D eigenvalue weighted by molar-refractivity contribution is 5.85. The van der Waals surface area contributed by atoms with Crippen molar-refractivity contribution in [2.45, 2.75) is 31.7 Å². The highest BCUT2D eigenvalue weighted by atomic mass is 35.5. The number of aliphatic carboxylic acids is 1. The van der Waals surface area contributed by atoms with Crippen LogP contribution in [0.5, 0.6) is 0 Å². The minimum absolute atomic E-state index is 0. The first-order valence-corrected chi connectivity index (χ1v) is 4.35. The molecule has 0 saturated heterocycles. The lowest BCUT2D eigenvalue weighted by atomic mass is 9.90. The molecule has 4 heteroatoms. The number of hydrogen-bond acceptors (Lipinski definition) is 2. The lowest BCUT2D eigenvalue weighted by Crippen LogP contribution is -2.35. The summed E-state index contributed by atoms with van der Waals surface area (Å²) in [6.45, 7) is 0. The number of allylic oxidation sites excluding steroid dienone is 2. The van der Waals surface area contributed by atoms with Gasteiger partial charge in [0.15, 0.2) is 0 Å². The van der Waals surface area contributed by atoms with Crippen molar-refractivity contribution < 1.29 is 9.90 Å². The zero-order valence-corrected chi connectivity index (χ0v) is 8.30. The monoisotopic (exact) mass is 205 g/mol. The van der Waals surface area contributed by atoms with Crippen molar-refractivity contribution in [1.29, 1.82) is 0 Å². The molecular formula is C9H16ClNO2. The molecule has 0 saturated carbocycles. The molecule has 0 fully saturated rings. The van der Waals surface area contributed by atoms with E-state index in [0.717, 1.165) is 19.3 Å². The zero-order chi connectivity index (χ0) is 8.97. The van der Waals surface area contributed by atoms with E-state index >= 15 is 0 Å². The van der Waals surface area contributed by atoms with Crippen molar-refractivity contribution in [3.8, 4) is 0 Å². The SMILES string of the molecule is Cl.NC1CC/C=C\CCC1C(=O)O. The highest BCUT2D eigenvalue weighted by Crippen LogP contribution is 2.17. The van der Waals surface area contributed by atoms with Crippen LogP contribution in [0, 0.1) is 5.92 Å². The largest absolute Gasteiger partial charge is 0.481 e. The number of carbonyl (C=O) groups is 1. The van der Waals surface area contributed by atoms with E-state index in [1.807, 2.05) is 6.08 Å². The van der Waals surface area contributed by atoms with Gasteiger partial charge in [0.05, 0.1) is 5.92 Å². The third kappa shape index (κ3) is 3.79. The molecule has 0 spiro atoms. The van der Waals surface area contributed by atoms with E-state index in [0.29, 0.717) is 6.42 Å². The number of carboxylic acid groups (broad SMARTS) is 1. The summed E-state index contributed by atoms with van der Waals surface area (Å²) in [5.74, 6) is -1.10. The maximum atomic E-state index is 10.7. The van der Waals surface area contributed by atoms with Crippen LogP contribution >= 0.6 is 12.4 Å². The van der Waals surface area contributed by atoms with Gasteiger partial charge in [0.1, 0.15) is 0 Å². The summed E-state index contributed by atoms with van der Waals surface area (Å²) in [5.41, 5.74) is 5.73. The van der Waals surface area contributed by atoms with Gasteiger partial charge in [-0.3, -0.25) is 4.79 Å². The maximum Gasteiger partial charge on any atom is 0.308 e. The topological polar surface area (TPSA) is 63.3 Å². The van der Waals surface area contributed by atoms with Crippen LogP contribution in [0.1, 0.15) is 25.7 Å². The lowest BCUT2D eigenvalue weighted by molar-refractivity contribution is -0.142. The van der Waals surface area contributed by atoms with Gasteiger partial charge in [-0.1, -0.05) is 12.2 Å². The standard InChI is InChI=1S/C9H15NO2.ClH/c10-8-6-4-2-1-3-5-7(8)9(11)12;/h1-2,7-8H,3-6,10H2,(H,11,12);1H/b2-1-;. The average Bonchev–Trinajstić information content (AvgIpc) is 1.96. The van der Waals surface area contributed by atoms with Crippen LogP contribution in [-0.4, -0.2) is 17.1 Å². The maximum absolute atomic E-state index is 10.7. The summed E-state index contributed by atoms with van der Waals surface area (Å²) in [4.78, 5) is 10.7. The van der Waals surface area contributed by atoms with E-state index in [-0.39, 0.29) is 24.4 Å². The molecule has 0 aromatic heterocycles. The third-order valence-electron chi connectivity index (χ3n) is 2.31. The lowest BCUT2D eigenvalue weighted by Gasteiger charge is -2.20. The molecule has 0 radical (unpaired) electrons. The van der Waals surface area contributed by atoms with Crippen LogP contribution in [0.15, 0.2) is 12.2 Å². The van der Waals surface area contributed by atoms with Gasteiger partial charge in [0.2, 0.25) is 0 Å². The Morgan fingerprint density at radius 1 is 1.31 bits per heavy atom. The molecule has 13 heavy (non-hydrogen) atoms. The Bertz CT molecular complexity index is 194. The van der Waals surface area contributed by atoms with Gasteiger partial charge in [-0.2, -0.15) is 0 Å². The van der Waals surface area contributed by atoms with E-state index in [2.05, 4.69) is 6.08 Å². The smallest absolute Gasteiger partial charge is 0.308 e. The molecule has 3 nitrogen and oxygen atoms in total. The van der Waals surface area contributed by atoms with E-state index in [4.69, 9.17) is 10.8 Å².